The molecule has 1 nitrogen and oxygen atoms in total. The topological polar surface area (TPSA) is 22.3 Å². The summed E-state index contributed by atoms with van der Waals surface area (Å²) in [6.45, 7) is 2.12. The predicted octanol–water partition coefficient (Wildman–Crippen LogP) is 2.37. The fraction of sp³-hybridized carbons (Fsp3) is 0.429. The van der Waals surface area contributed by atoms with Crippen molar-refractivity contribution in [3.05, 3.63) is 17.4 Å². The Balaban J connectivity index is 2.69. The molecule has 1 rings (SSSR count). The molecule has 0 aliphatic carbocycles. The van der Waals surface area contributed by atoms with E-state index in [-0.39, 0.29) is 0 Å². The Kier molecular flexibility index (Phi) is 2.18. The summed E-state index contributed by atoms with van der Waals surface area (Å²) in [6, 6.07) is 2.03. The van der Waals surface area contributed by atoms with Crippen molar-refractivity contribution in [2.45, 2.75) is 19.8 Å². The van der Waals surface area contributed by atoms with Crippen LogP contribution in [0.5, 0.6) is 0 Å². The molecule has 0 fully saturated rings. The van der Waals surface area contributed by atoms with Crippen molar-refractivity contribution >= 4 is 13.6 Å². The average molecular weight is 139 g/mol. The molecule has 1 aromatic rings. The standard InChI is InChI=1S/C7H10NP/c1-2-3-6-4-5-9-7(6)8/h4-5,9H,2-3H2,1H3. The number of hydrogen-bond donors (Lipinski definition) is 0. The largest absolute Gasteiger partial charge is 0.146 e. The van der Waals surface area contributed by atoms with Gasteiger partial charge in [0.2, 0.25) is 0 Å². The van der Waals surface area contributed by atoms with Gasteiger partial charge in [0.25, 0.3) is 0 Å². The Morgan fingerprint density at radius 2 is 2.44 bits per heavy atom. The highest BCUT2D eigenvalue weighted by Crippen LogP contribution is 2.26. The summed E-state index contributed by atoms with van der Waals surface area (Å²) in [7, 11) is 0.527. The molecule has 0 aliphatic heterocycles. The molecule has 1 unspecified atom stereocenters. The maximum absolute atomic E-state index is 9.15. The van der Waals surface area contributed by atoms with Crippen LogP contribution < -0.4 is 5.73 Å². The minimum Gasteiger partial charge on any atom is -0.146 e. The van der Waals surface area contributed by atoms with E-state index < -0.39 is 0 Å². The second-order valence-corrected chi connectivity index (χ2v) is 3.20. The van der Waals surface area contributed by atoms with Crippen molar-refractivity contribution in [3.63, 3.8) is 0 Å². The lowest BCUT2D eigenvalue weighted by Crippen LogP contribution is -1.77. The van der Waals surface area contributed by atoms with Crippen LogP contribution in [-0.2, 0) is 6.42 Å². The molecule has 0 saturated heterocycles. The van der Waals surface area contributed by atoms with Crippen molar-refractivity contribution in [3.8, 4) is 0 Å². The van der Waals surface area contributed by atoms with E-state index in [1.807, 2.05) is 11.9 Å². The van der Waals surface area contributed by atoms with E-state index in [0.717, 1.165) is 18.4 Å². The number of aryl methyl sites for hydroxylation is 1. The van der Waals surface area contributed by atoms with Gasteiger partial charge in [-0.2, -0.15) is 0 Å². The molecule has 1 heterocycles. The van der Waals surface area contributed by atoms with Crippen LogP contribution in [0, 0.1) is 0 Å². The molecule has 1 atom stereocenters. The first-order chi connectivity index (χ1) is 4.34. The highest BCUT2D eigenvalue weighted by Gasteiger charge is 1.97. The molecule has 2 radical (unpaired) electrons. The lowest BCUT2D eigenvalue weighted by Gasteiger charge is -1.90. The summed E-state index contributed by atoms with van der Waals surface area (Å²) in [5.74, 6) is 2.03. The smallest absolute Gasteiger partial charge is 0.104 e. The van der Waals surface area contributed by atoms with Gasteiger partial charge in [-0.3, -0.25) is 0 Å². The van der Waals surface area contributed by atoms with Gasteiger partial charge >= 0.3 is 0 Å². The molecule has 2 heteroatoms. The SMILES string of the molecule is CCCc1cc[pH]c1[N]. The van der Waals surface area contributed by atoms with Gasteiger partial charge in [0.05, 0.1) is 0 Å². The van der Waals surface area contributed by atoms with E-state index in [4.69, 9.17) is 5.73 Å². The fourth-order valence-corrected chi connectivity index (χ4v) is 1.70. The van der Waals surface area contributed by atoms with E-state index in [1.54, 1.807) is 0 Å². The minimum atomic E-state index is 0.527. The molecule has 0 aromatic carbocycles. The van der Waals surface area contributed by atoms with Crippen LogP contribution in [0.15, 0.2) is 11.9 Å². The highest BCUT2D eigenvalue weighted by atomic mass is 31.0. The van der Waals surface area contributed by atoms with Gasteiger partial charge in [-0.05, 0) is 17.8 Å². The maximum atomic E-state index is 9.15. The minimum absolute atomic E-state index is 0.527. The summed E-state index contributed by atoms with van der Waals surface area (Å²) >= 11 is 0. The number of hydrogen-bond acceptors (Lipinski definition) is 0. The molecule has 0 N–H and O–H groups in total. The zero-order valence-electron chi connectivity index (χ0n) is 5.52. The Morgan fingerprint density at radius 1 is 1.67 bits per heavy atom. The summed E-state index contributed by atoms with van der Waals surface area (Å²) in [4.78, 5) is 0. The van der Waals surface area contributed by atoms with Crippen molar-refractivity contribution in [2.75, 3.05) is 0 Å². The van der Waals surface area contributed by atoms with Crippen LogP contribution in [-0.4, -0.2) is 0 Å². The van der Waals surface area contributed by atoms with Gasteiger partial charge in [-0.25, -0.2) is 0 Å². The third kappa shape index (κ3) is 1.49. The lowest BCUT2D eigenvalue weighted by atomic mass is 10.2. The van der Waals surface area contributed by atoms with Crippen molar-refractivity contribution in [1.29, 1.82) is 0 Å². The summed E-state index contributed by atoms with van der Waals surface area (Å²) < 4.78 is 0. The lowest BCUT2D eigenvalue weighted by molar-refractivity contribution is 0.925. The molecule has 0 bridgehead atoms. The molecule has 0 spiro atoms. The molecule has 0 saturated carbocycles. The Labute approximate surface area is 57.4 Å². The first kappa shape index (κ1) is 6.70. The first-order valence-corrected chi connectivity index (χ1v) is 4.27. The van der Waals surface area contributed by atoms with E-state index in [9.17, 15) is 0 Å². The van der Waals surface area contributed by atoms with E-state index in [2.05, 4.69) is 6.92 Å². The van der Waals surface area contributed by atoms with Crippen LogP contribution in [0.2, 0.25) is 0 Å². The third-order valence-corrected chi connectivity index (χ3v) is 2.26. The normalized spacial score (nSPS) is 10.8. The fourth-order valence-electron chi connectivity index (χ4n) is 0.864. The second kappa shape index (κ2) is 2.93. The molecule has 0 aliphatic rings. The highest BCUT2D eigenvalue weighted by molar-refractivity contribution is 7.33. The Morgan fingerprint density at radius 3 is 2.89 bits per heavy atom. The average Bonchev–Trinajstić information content (AvgIpc) is 2.18. The van der Waals surface area contributed by atoms with Crippen molar-refractivity contribution in [2.24, 2.45) is 0 Å². The van der Waals surface area contributed by atoms with E-state index in [1.165, 1.54) is 0 Å². The molecular weight excluding hydrogens is 129 g/mol. The molecule has 1 aromatic heterocycles. The molecule has 0 amide bonds. The zero-order chi connectivity index (χ0) is 6.69. The monoisotopic (exact) mass is 139 g/mol. The van der Waals surface area contributed by atoms with Crippen molar-refractivity contribution in [1.82, 2.24) is 5.73 Å². The van der Waals surface area contributed by atoms with Crippen molar-refractivity contribution < 1.29 is 0 Å². The predicted molar refractivity (Wildman–Crippen MR) is 41.7 cm³/mol. The van der Waals surface area contributed by atoms with E-state index in [0.29, 0.717) is 13.6 Å². The van der Waals surface area contributed by atoms with Gasteiger partial charge in [0.15, 0.2) is 0 Å². The summed E-state index contributed by atoms with van der Waals surface area (Å²) in [5, 5.41) is 0. The summed E-state index contributed by atoms with van der Waals surface area (Å²) in [5.41, 5.74) is 10.9. The van der Waals surface area contributed by atoms with Crippen LogP contribution in [0.25, 0.3) is 0 Å². The quantitative estimate of drug-likeness (QED) is 0.600. The molecule has 48 valence electrons. The Bertz CT molecular complexity index is 181. The van der Waals surface area contributed by atoms with Gasteiger partial charge in [0.1, 0.15) is 5.42 Å². The summed E-state index contributed by atoms with van der Waals surface area (Å²) in [6.07, 6.45) is 2.14. The second-order valence-electron chi connectivity index (χ2n) is 2.10. The third-order valence-electron chi connectivity index (χ3n) is 1.33. The molecule has 9 heavy (non-hydrogen) atoms. The first-order valence-electron chi connectivity index (χ1n) is 3.19. The van der Waals surface area contributed by atoms with Crippen LogP contribution in [0.1, 0.15) is 18.9 Å². The van der Waals surface area contributed by atoms with Gasteiger partial charge < -0.3 is 0 Å². The van der Waals surface area contributed by atoms with Gasteiger partial charge in [-0.1, -0.05) is 19.4 Å². The number of nitrogens with zero attached hydrogens (tertiary/aromatic N) is 1. The van der Waals surface area contributed by atoms with E-state index >= 15 is 0 Å². The Hall–Kier alpha value is -0.420. The van der Waals surface area contributed by atoms with Crippen LogP contribution in [0.4, 0.5) is 5.42 Å². The molecular formula is C7H10NP. The van der Waals surface area contributed by atoms with Crippen LogP contribution >= 0.6 is 8.19 Å². The number of rotatable bonds is 2. The zero-order valence-corrected chi connectivity index (χ0v) is 6.52. The van der Waals surface area contributed by atoms with Gasteiger partial charge in [-0.15, -0.1) is 13.9 Å². The van der Waals surface area contributed by atoms with Gasteiger partial charge in [0, 0.05) is 0 Å². The maximum Gasteiger partial charge on any atom is 0.104 e. The van der Waals surface area contributed by atoms with Crippen LogP contribution in [0.3, 0.4) is 0 Å².